The molecule has 0 heterocycles. The molecule has 0 saturated carbocycles. The van der Waals surface area contributed by atoms with E-state index < -0.39 is 5.82 Å². The van der Waals surface area contributed by atoms with Gasteiger partial charge in [0.15, 0.2) is 0 Å². The molecule has 0 aliphatic carbocycles. The molecule has 0 radical (unpaired) electrons. The number of halogens is 1. The Kier molecular flexibility index (Phi) is 5.72. The Hall–Kier alpha value is -1.66. The van der Waals surface area contributed by atoms with Crippen LogP contribution in [-0.4, -0.2) is 44.2 Å². The van der Waals surface area contributed by atoms with Gasteiger partial charge < -0.3 is 15.8 Å². The van der Waals surface area contributed by atoms with E-state index in [0.717, 1.165) is 0 Å². The van der Waals surface area contributed by atoms with E-state index in [1.165, 1.54) is 18.2 Å². The first-order chi connectivity index (χ1) is 8.95. The summed E-state index contributed by atoms with van der Waals surface area (Å²) in [7, 11) is 3.44. The molecule has 106 valence electrons. The van der Waals surface area contributed by atoms with Crippen LogP contribution < -0.4 is 11.1 Å². The fraction of sp³-hybridized carbons (Fsp3) is 0.462. The number of methoxy groups -OCH3 is 1. The number of nitrogens with one attached hydrogen (secondary N) is 1. The average Bonchev–Trinajstić information content (AvgIpc) is 2.38. The predicted octanol–water partition coefficient (Wildman–Crippen LogP) is 1.31. The van der Waals surface area contributed by atoms with Gasteiger partial charge in [0.1, 0.15) is 5.82 Å². The first-order valence-electron chi connectivity index (χ1n) is 6.00. The maximum Gasteiger partial charge on any atom is 0.241 e. The first kappa shape index (κ1) is 15.4. The normalized spacial score (nSPS) is 12.5. The zero-order valence-corrected chi connectivity index (χ0v) is 11.4. The Bertz CT molecular complexity index is 440. The van der Waals surface area contributed by atoms with Crippen LogP contribution in [0.25, 0.3) is 0 Å². The number of ether oxygens (including phenoxy) is 1. The molecule has 1 rings (SSSR count). The van der Waals surface area contributed by atoms with Crippen molar-refractivity contribution in [3.05, 3.63) is 24.0 Å². The van der Waals surface area contributed by atoms with Crippen molar-refractivity contribution in [1.82, 2.24) is 4.90 Å². The summed E-state index contributed by atoms with van der Waals surface area (Å²) >= 11 is 0. The van der Waals surface area contributed by atoms with Crippen molar-refractivity contribution in [2.45, 2.75) is 13.0 Å². The molecule has 1 amide bonds. The lowest BCUT2D eigenvalue weighted by Gasteiger charge is -2.23. The third-order valence-corrected chi connectivity index (χ3v) is 2.96. The highest BCUT2D eigenvalue weighted by Gasteiger charge is 2.18. The van der Waals surface area contributed by atoms with E-state index in [9.17, 15) is 9.18 Å². The predicted molar refractivity (Wildman–Crippen MR) is 73.4 cm³/mol. The second-order valence-corrected chi connectivity index (χ2v) is 4.37. The fourth-order valence-corrected chi connectivity index (χ4v) is 1.51. The quantitative estimate of drug-likeness (QED) is 0.764. The summed E-state index contributed by atoms with van der Waals surface area (Å²) in [4.78, 5) is 13.9. The smallest absolute Gasteiger partial charge is 0.241 e. The molecule has 0 spiro atoms. The summed E-state index contributed by atoms with van der Waals surface area (Å²) in [6.07, 6.45) is 0. The van der Waals surface area contributed by atoms with Crippen LogP contribution in [0.15, 0.2) is 18.2 Å². The minimum absolute atomic E-state index is 0.197. The maximum absolute atomic E-state index is 12.9. The number of nitrogen functional groups attached to an aromatic ring is 1. The Labute approximate surface area is 112 Å². The molecule has 1 unspecified atom stereocenters. The van der Waals surface area contributed by atoms with Crippen LogP contribution in [0.4, 0.5) is 15.8 Å². The standard InChI is InChI=1S/C13H20FN3O2/c1-9(17(2)6-7-19-3)13(18)16-12-5-4-10(14)8-11(12)15/h4-5,8-9H,6-7,15H2,1-3H3,(H,16,18). The number of carbonyl (C=O) groups excluding carboxylic acids is 1. The lowest BCUT2D eigenvalue weighted by atomic mass is 10.2. The van der Waals surface area contributed by atoms with Crippen molar-refractivity contribution in [2.75, 3.05) is 38.4 Å². The van der Waals surface area contributed by atoms with Crippen LogP contribution in [0, 0.1) is 5.82 Å². The van der Waals surface area contributed by atoms with Crippen molar-refractivity contribution in [3.63, 3.8) is 0 Å². The number of anilines is 2. The van der Waals surface area contributed by atoms with Crippen molar-refractivity contribution in [2.24, 2.45) is 0 Å². The summed E-state index contributed by atoms with van der Waals surface area (Å²) in [6.45, 7) is 2.97. The van der Waals surface area contributed by atoms with Crippen molar-refractivity contribution < 1.29 is 13.9 Å². The summed E-state index contributed by atoms with van der Waals surface area (Å²) in [5.74, 6) is -0.627. The first-order valence-corrected chi connectivity index (χ1v) is 6.00. The molecule has 1 aromatic rings. The number of hydrogen-bond acceptors (Lipinski definition) is 4. The van der Waals surface area contributed by atoms with E-state index in [2.05, 4.69) is 5.32 Å². The van der Waals surface area contributed by atoms with Crippen LogP contribution in [0.3, 0.4) is 0 Å². The summed E-state index contributed by atoms with van der Waals surface area (Å²) in [5, 5.41) is 2.68. The second kappa shape index (κ2) is 7.06. The zero-order valence-electron chi connectivity index (χ0n) is 11.4. The number of amides is 1. The molecule has 1 atom stereocenters. The monoisotopic (exact) mass is 269 g/mol. The molecular formula is C13H20FN3O2. The molecule has 0 aliphatic heterocycles. The molecule has 1 aromatic carbocycles. The van der Waals surface area contributed by atoms with Gasteiger partial charge in [-0.25, -0.2) is 4.39 Å². The fourth-order valence-electron chi connectivity index (χ4n) is 1.51. The van der Waals surface area contributed by atoms with E-state index in [-0.39, 0.29) is 17.6 Å². The molecule has 6 heteroatoms. The Morgan fingerprint density at radius 2 is 2.26 bits per heavy atom. The van der Waals surface area contributed by atoms with Crippen molar-refractivity contribution >= 4 is 17.3 Å². The topological polar surface area (TPSA) is 67.6 Å². The molecule has 0 saturated heterocycles. The molecular weight excluding hydrogens is 249 g/mol. The maximum atomic E-state index is 12.9. The number of rotatable bonds is 6. The van der Waals surface area contributed by atoms with E-state index in [0.29, 0.717) is 18.8 Å². The van der Waals surface area contributed by atoms with Gasteiger partial charge in [-0.2, -0.15) is 0 Å². The summed E-state index contributed by atoms with van der Waals surface area (Å²) < 4.78 is 17.9. The van der Waals surface area contributed by atoms with Crippen LogP contribution in [0.5, 0.6) is 0 Å². The lowest BCUT2D eigenvalue weighted by molar-refractivity contribution is -0.120. The van der Waals surface area contributed by atoms with Crippen LogP contribution in [0.2, 0.25) is 0 Å². The molecule has 0 aliphatic rings. The van der Waals surface area contributed by atoms with Crippen molar-refractivity contribution in [3.8, 4) is 0 Å². The average molecular weight is 269 g/mol. The van der Waals surface area contributed by atoms with Crippen molar-refractivity contribution in [1.29, 1.82) is 0 Å². The van der Waals surface area contributed by atoms with Gasteiger partial charge in [-0.1, -0.05) is 0 Å². The third-order valence-electron chi connectivity index (χ3n) is 2.96. The highest BCUT2D eigenvalue weighted by molar-refractivity contribution is 5.97. The SMILES string of the molecule is COCCN(C)C(C)C(=O)Nc1ccc(F)cc1N. The van der Waals surface area contributed by atoms with Crippen LogP contribution in [0.1, 0.15) is 6.92 Å². The molecule has 5 nitrogen and oxygen atoms in total. The zero-order chi connectivity index (χ0) is 14.4. The Morgan fingerprint density at radius 1 is 1.58 bits per heavy atom. The van der Waals surface area contributed by atoms with Gasteiger partial charge >= 0.3 is 0 Å². The van der Waals surface area contributed by atoms with Crippen LogP contribution in [-0.2, 0) is 9.53 Å². The highest BCUT2D eigenvalue weighted by atomic mass is 19.1. The van der Waals surface area contributed by atoms with Gasteiger partial charge in [0, 0.05) is 13.7 Å². The molecule has 19 heavy (non-hydrogen) atoms. The Morgan fingerprint density at radius 3 is 2.84 bits per heavy atom. The number of carbonyl (C=O) groups is 1. The number of nitrogens with zero attached hydrogens (tertiary/aromatic N) is 1. The lowest BCUT2D eigenvalue weighted by Crippen LogP contribution is -2.41. The number of benzene rings is 1. The van der Waals surface area contributed by atoms with E-state index in [4.69, 9.17) is 10.5 Å². The summed E-state index contributed by atoms with van der Waals surface area (Å²) in [5.41, 5.74) is 6.26. The van der Waals surface area contributed by atoms with Gasteiger partial charge in [-0.15, -0.1) is 0 Å². The molecule has 0 fully saturated rings. The second-order valence-electron chi connectivity index (χ2n) is 4.37. The summed E-state index contributed by atoms with van der Waals surface area (Å²) in [6, 6.07) is 3.55. The van der Waals surface area contributed by atoms with E-state index in [1.54, 1.807) is 14.0 Å². The third kappa shape index (κ3) is 4.50. The van der Waals surface area contributed by atoms with Gasteiger partial charge in [-0.3, -0.25) is 9.69 Å². The van der Waals surface area contributed by atoms with E-state index >= 15 is 0 Å². The van der Waals surface area contributed by atoms with Crippen LogP contribution >= 0.6 is 0 Å². The van der Waals surface area contributed by atoms with E-state index in [1.807, 2.05) is 11.9 Å². The molecule has 0 bridgehead atoms. The van der Waals surface area contributed by atoms with Gasteiger partial charge in [-0.05, 0) is 32.2 Å². The minimum atomic E-state index is -0.430. The number of nitrogens with two attached hydrogens (primary N) is 1. The van der Waals surface area contributed by atoms with Gasteiger partial charge in [0.25, 0.3) is 0 Å². The number of likely N-dealkylation sites (N-methyl/N-ethyl adjacent to an activating group) is 1. The Balaban J connectivity index is 2.63. The van der Waals surface area contributed by atoms with Gasteiger partial charge in [0.2, 0.25) is 5.91 Å². The highest BCUT2D eigenvalue weighted by Crippen LogP contribution is 2.19. The number of hydrogen-bond donors (Lipinski definition) is 2. The minimum Gasteiger partial charge on any atom is -0.397 e. The molecule has 3 N–H and O–H groups in total. The van der Waals surface area contributed by atoms with Gasteiger partial charge in [0.05, 0.1) is 24.0 Å². The molecule has 0 aromatic heterocycles. The largest absolute Gasteiger partial charge is 0.397 e.